The van der Waals surface area contributed by atoms with Gasteiger partial charge < -0.3 is 16.0 Å². The van der Waals surface area contributed by atoms with E-state index in [0.717, 1.165) is 37.4 Å². The molecule has 5 nitrogen and oxygen atoms in total. The fourth-order valence-corrected chi connectivity index (χ4v) is 3.29. The van der Waals surface area contributed by atoms with Gasteiger partial charge in [0.15, 0.2) is 0 Å². The van der Waals surface area contributed by atoms with Crippen molar-refractivity contribution in [1.29, 1.82) is 0 Å². The van der Waals surface area contributed by atoms with Gasteiger partial charge in [-0.25, -0.2) is 0 Å². The van der Waals surface area contributed by atoms with Crippen LogP contribution in [0.1, 0.15) is 29.8 Å². The predicted octanol–water partition coefficient (Wildman–Crippen LogP) is 3.36. The van der Waals surface area contributed by atoms with E-state index in [1.807, 2.05) is 43.3 Å². The number of aryl methyl sites for hydroxylation is 1. The molecule has 0 unspecified atom stereocenters. The highest BCUT2D eigenvalue weighted by molar-refractivity contribution is 6.05. The molecular weight excluding hydrogens is 324 g/mol. The van der Waals surface area contributed by atoms with Crippen LogP contribution in [0.15, 0.2) is 42.5 Å². The molecule has 1 aliphatic heterocycles. The van der Waals surface area contributed by atoms with Crippen molar-refractivity contribution in [3.8, 4) is 0 Å². The molecule has 138 valence electrons. The molecule has 3 N–H and O–H groups in total. The molecule has 1 heterocycles. The summed E-state index contributed by atoms with van der Waals surface area (Å²) in [4.78, 5) is 17.4. The van der Waals surface area contributed by atoms with Crippen LogP contribution in [-0.4, -0.2) is 43.0 Å². The van der Waals surface area contributed by atoms with Crippen LogP contribution in [0.4, 0.5) is 17.1 Å². The summed E-state index contributed by atoms with van der Waals surface area (Å²) >= 11 is 0. The first-order valence-electron chi connectivity index (χ1n) is 9.20. The number of nitrogens with one attached hydrogen (secondary N) is 1. The zero-order chi connectivity index (χ0) is 18.7. The van der Waals surface area contributed by atoms with Gasteiger partial charge in [-0.2, -0.15) is 0 Å². The molecule has 2 aromatic carbocycles. The van der Waals surface area contributed by atoms with Gasteiger partial charge in [-0.15, -0.1) is 0 Å². The lowest BCUT2D eigenvalue weighted by atomic mass is 10.1. The molecule has 0 bridgehead atoms. The first kappa shape index (κ1) is 18.3. The van der Waals surface area contributed by atoms with E-state index in [9.17, 15) is 4.79 Å². The second-order valence-electron chi connectivity index (χ2n) is 7.19. The third-order valence-electron chi connectivity index (χ3n) is 5.05. The maximum Gasteiger partial charge on any atom is 0.255 e. The van der Waals surface area contributed by atoms with Crippen LogP contribution in [-0.2, 0) is 0 Å². The van der Waals surface area contributed by atoms with E-state index in [1.165, 1.54) is 5.69 Å². The van der Waals surface area contributed by atoms with Gasteiger partial charge in [0.2, 0.25) is 0 Å². The van der Waals surface area contributed by atoms with Crippen LogP contribution < -0.4 is 16.0 Å². The standard InChI is InChI=1S/C21H28N4O/c1-15(2)24-10-12-25(13-11-24)19-8-5-17(6-9-19)21(26)23-20-14-18(22)7-4-16(20)3/h4-9,14-15H,10-13,22H2,1-3H3,(H,23,26). The number of amides is 1. The zero-order valence-corrected chi connectivity index (χ0v) is 15.8. The SMILES string of the molecule is Cc1ccc(N)cc1NC(=O)c1ccc(N2CCN(C(C)C)CC2)cc1. The first-order chi connectivity index (χ1) is 12.4. The molecule has 5 heteroatoms. The molecule has 0 aromatic heterocycles. The molecule has 26 heavy (non-hydrogen) atoms. The van der Waals surface area contributed by atoms with Gasteiger partial charge in [-0.05, 0) is 62.7 Å². The Morgan fingerprint density at radius 1 is 1.04 bits per heavy atom. The van der Waals surface area contributed by atoms with E-state index in [1.54, 1.807) is 6.07 Å². The lowest BCUT2D eigenvalue weighted by molar-refractivity contribution is 0.102. The van der Waals surface area contributed by atoms with E-state index in [0.29, 0.717) is 17.3 Å². The Morgan fingerprint density at radius 2 is 1.69 bits per heavy atom. The normalized spacial score (nSPS) is 15.3. The van der Waals surface area contributed by atoms with Gasteiger partial charge in [0.1, 0.15) is 0 Å². The largest absolute Gasteiger partial charge is 0.399 e. The summed E-state index contributed by atoms with van der Waals surface area (Å²) in [6.07, 6.45) is 0. The van der Waals surface area contributed by atoms with Crippen LogP contribution in [0.2, 0.25) is 0 Å². The van der Waals surface area contributed by atoms with E-state index in [2.05, 4.69) is 29.0 Å². The molecular formula is C21H28N4O. The molecule has 0 spiro atoms. The van der Waals surface area contributed by atoms with Crippen molar-refractivity contribution in [3.05, 3.63) is 53.6 Å². The fraction of sp³-hybridized carbons (Fsp3) is 0.381. The van der Waals surface area contributed by atoms with Crippen molar-refractivity contribution in [2.75, 3.05) is 42.1 Å². The smallest absolute Gasteiger partial charge is 0.255 e. The summed E-state index contributed by atoms with van der Waals surface area (Å²) in [7, 11) is 0. The summed E-state index contributed by atoms with van der Waals surface area (Å²) in [5.74, 6) is -0.116. The second kappa shape index (κ2) is 7.79. The number of anilines is 3. The Morgan fingerprint density at radius 3 is 2.31 bits per heavy atom. The Hall–Kier alpha value is -2.53. The van der Waals surface area contributed by atoms with Gasteiger partial charge in [-0.3, -0.25) is 9.69 Å². The van der Waals surface area contributed by atoms with Crippen molar-refractivity contribution < 1.29 is 4.79 Å². The zero-order valence-electron chi connectivity index (χ0n) is 15.8. The van der Waals surface area contributed by atoms with Crippen LogP contribution in [0.5, 0.6) is 0 Å². The Kier molecular flexibility index (Phi) is 5.47. The van der Waals surface area contributed by atoms with Crippen LogP contribution in [0, 0.1) is 6.92 Å². The van der Waals surface area contributed by atoms with E-state index in [-0.39, 0.29) is 5.91 Å². The fourth-order valence-electron chi connectivity index (χ4n) is 3.29. The Balaban J connectivity index is 1.64. The lowest BCUT2D eigenvalue weighted by Crippen LogP contribution is -2.48. The number of piperazine rings is 1. The average molecular weight is 352 g/mol. The number of carbonyl (C=O) groups excluding carboxylic acids is 1. The number of carbonyl (C=O) groups is 1. The second-order valence-corrected chi connectivity index (χ2v) is 7.19. The number of nitrogen functional groups attached to an aromatic ring is 1. The third kappa shape index (κ3) is 4.17. The van der Waals surface area contributed by atoms with Crippen molar-refractivity contribution in [2.24, 2.45) is 0 Å². The maximum absolute atomic E-state index is 12.5. The number of hydrogen-bond donors (Lipinski definition) is 2. The number of hydrogen-bond acceptors (Lipinski definition) is 4. The van der Waals surface area contributed by atoms with Gasteiger partial charge in [0.05, 0.1) is 0 Å². The van der Waals surface area contributed by atoms with E-state index >= 15 is 0 Å². The van der Waals surface area contributed by atoms with Gasteiger partial charge in [0.25, 0.3) is 5.91 Å². The monoisotopic (exact) mass is 352 g/mol. The topological polar surface area (TPSA) is 61.6 Å². The van der Waals surface area contributed by atoms with Crippen LogP contribution in [0.3, 0.4) is 0 Å². The summed E-state index contributed by atoms with van der Waals surface area (Å²) in [5.41, 5.74) is 10.0. The molecule has 1 fully saturated rings. The summed E-state index contributed by atoms with van der Waals surface area (Å²) in [5, 5.41) is 2.95. The molecule has 2 aromatic rings. The third-order valence-corrected chi connectivity index (χ3v) is 5.05. The van der Waals surface area contributed by atoms with E-state index < -0.39 is 0 Å². The Bertz CT molecular complexity index is 762. The molecule has 0 radical (unpaired) electrons. The molecule has 0 atom stereocenters. The molecule has 1 amide bonds. The summed E-state index contributed by atoms with van der Waals surface area (Å²) < 4.78 is 0. The van der Waals surface area contributed by atoms with Crippen LogP contribution >= 0.6 is 0 Å². The minimum atomic E-state index is -0.116. The minimum Gasteiger partial charge on any atom is -0.399 e. The molecule has 0 saturated carbocycles. The van der Waals surface area contributed by atoms with Crippen molar-refractivity contribution in [1.82, 2.24) is 4.90 Å². The quantitative estimate of drug-likeness (QED) is 0.829. The highest BCUT2D eigenvalue weighted by Crippen LogP contribution is 2.21. The van der Waals surface area contributed by atoms with Crippen molar-refractivity contribution in [2.45, 2.75) is 26.8 Å². The van der Waals surface area contributed by atoms with Gasteiger partial charge >= 0.3 is 0 Å². The number of nitrogens with zero attached hydrogens (tertiary/aromatic N) is 2. The van der Waals surface area contributed by atoms with Crippen molar-refractivity contribution in [3.63, 3.8) is 0 Å². The number of nitrogens with two attached hydrogens (primary N) is 1. The molecule has 1 saturated heterocycles. The number of benzene rings is 2. The molecule has 3 rings (SSSR count). The first-order valence-corrected chi connectivity index (χ1v) is 9.20. The van der Waals surface area contributed by atoms with Crippen LogP contribution in [0.25, 0.3) is 0 Å². The van der Waals surface area contributed by atoms with Gasteiger partial charge in [-0.1, -0.05) is 6.07 Å². The average Bonchev–Trinajstić information content (AvgIpc) is 2.65. The predicted molar refractivity (Wildman–Crippen MR) is 109 cm³/mol. The summed E-state index contributed by atoms with van der Waals surface area (Å²) in [6.45, 7) is 10.6. The highest BCUT2D eigenvalue weighted by Gasteiger charge is 2.19. The highest BCUT2D eigenvalue weighted by atomic mass is 16.1. The summed E-state index contributed by atoms with van der Waals surface area (Å²) in [6, 6.07) is 14.0. The van der Waals surface area contributed by atoms with E-state index in [4.69, 9.17) is 5.73 Å². The minimum absolute atomic E-state index is 0.116. The number of rotatable bonds is 4. The molecule has 1 aliphatic rings. The molecule has 0 aliphatic carbocycles. The lowest BCUT2D eigenvalue weighted by Gasteiger charge is -2.38. The maximum atomic E-state index is 12.5. The van der Waals surface area contributed by atoms with Gasteiger partial charge in [0, 0.05) is 54.8 Å². The van der Waals surface area contributed by atoms with Crippen molar-refractivity contribution >= 4 is 23.0 Å². The Labute approximate surface area is 155 Å².